The lowest BCUT2D eigenvalue weighted by Gasteiger charge is -2.10. The summed E-state index contributed by atoms with van der Waals surface area (Å²) in [5.74, 6) is 2.95. The van der Waals surface area contributed by atoms with Crippen LogP contribution in [0.25, 0.3) is 11.4 Å². The third-order valence-corrected chi connectivity index (χ3v) is 4.57. The summed E-state index contributed by atoms with van der Waals surface area (Å²) in [7, 11) is 4.81. The second-order valence-corrected chi connectivity index (χ2v) is 6.53. The average molecular weight is 411 g/mol. The maximum Gasteiger partial charge on any atom is 0.227 e. The first kappa shape index (κ1) is 21.2. The van der Waals surface area contributed by atoms with Crippen molar-refractivity contribution < 1.29 is 23.5 Å². The Morgan fingerprint density at radius 3 is 2.43 bits per heavy atom. The van der Waals surface area contributed by atoms with E-state index in [-0.39, 0.29) is 12.3 Å². The van der Waals surface area contributed by atoms with Crippen LogP contribution >= 0.6 is 0 Å². The predicted octanol–water partition coefficient (Wildman–Crippen LogP) is 3.05. The molecule has 0 aliphatic carbocycles. The van der Waals surface area contributed by atoms with Crippen molar-refractivity contribution in [2.24, 2.45) is 0 Å². The van der Waals surface area contributed by atoms with Gasteiger partial charge in [-0.1, -0.05) is 11.2 Å². The summed E-state index contributed by atoms with van der Waals surface area (Å²) in [6, 6.07) is 13.1. The number of aryl methyl sites for hydroxylation is 1. The van der Waals surface area contributed by atoms with E-state index in [1.165, 1.54) is 0 Å². The number of aromatic nitrogens is 2. The zero-order valence-corrected chi connectivity index (χ0v) is 17.3. The highest BCUT2D eigenvalue weighted by Gasteiger charge is 2.11. The first-order valence-electron chi connectivity index (χ1n) is 9.57. The molecule has 1 heterocycles. The van der Waals surface area contributed by atoms with E-state index in [4.69, 9.17) is 18.7 Å². The van der Waals surface area contributed by atoms with Crippen LogP contribution in [0, 0.1) is 0 Å². The molecule has 30 heavy (non-hydrogen) atoms. The molecule has 1 aromatic heterocycles. The Labute approximate surface area is 175 Å². The quantitative estimate of drug-likeness (QED) is 0.548. The highest BCUT2D eigenvalue weighted by molar-refractivity contribution is 5.76. The first-order chi connectivity index (χ1) is 14.6. The minimum atomic E-state index is -0.0697. The molecule has 0 aliphatic rings. The van der Waals surface area contributed by atoms with Crippen molar-refractivity contribution in [3.8, 4) is 28.6 Å². The Bertz CT molecular complexity index is 969. The minimum absolute atomic E-state index is 0.0697. The van der Waals surface area contributed by atoms with Crippen LogP contribution in [0.15, 0.2) is 47.0 Å². The second kappa shape index (κ2) is 10.3. The smallest absolute Gasteiger partial charge is 0.227 e. The Kier molecular flexibility index (Phi) is 7.26. The highest BCUT2D eigenvalue weighted by atomic mass is 16.5. The molecule has 1 amide bonds. The van der Waals surface area contributed by atoms with Crippen molar-refractivity contribution in [2.45, 2.75) is 19.3 Å². The van der Waals surface area contributed by atoms with Crippen LogP contribution in [0.4, 0.5) is 0 Å². The van der Waals surface area contributed by atoms with Crippen LogP contribution in [0.5, 0.6) is 17.2 Å². The van der Waals surface area contributed by atoms with Crippen molar-refractivity contribution in [3.63, 3.8) is 0 Å². The molecule has 0 saturated carbocycles. The number of benzene rings is 2. The van der Waals surface area contributed by atoms with Crippen LogP contribution in [0.1, 0.15) is 17.9 Å². The lowest BCUT2D eigenvalue weighted by atomic mass is 10.1. The van der Waals surface area contributed by atoms with Crippen molar-refractivity contribution in [3.05, 3.63) is 53.9 Å². The van der Waals surface area contributed by atoms with Crippen LogP contribution in [-0.2, 0) is 17.6 Å². The van der Waals surface area contributed by atoms with E-state index >= 15 is 0 Å². The lowest BCUT2D eigenvalue weighted by molar-refractivity contribution is -0.121. The molecule has 0 fully saturated rings. The molecular weight excluding hydrogens is 386 g/mol. The average Bonchev–Trinajstić information content (AvgIpc) is 3.26. The highest BCUT2D eigenvalue weighted by Crippen LogP contribution is 2.27. The normalized spacial score (nSPS) is 10.5. The lowest BCUT2D eigenvalue weighted by Crippen LogP contribution is -2.25. The Balaban J connectivity index is 1.44. The molecule has 0 bridgehead atoms. The molecule has 0 atom stereocenters. The Morgan fingerprint density at radius 2 is 1.73 bits per heavy atom. The zero-order chi connectivity index (χ0) is 21.3. The van der Waals surface area contributed by atoms with E-state index in [2.05, 4.69) is 15.5 Å². The van der Waals surface area contributed by atoms with Gasteiger partial charge in [0.1, 0.15) is 5.75 Å². The van der Waals surface area contributed by atoms with Gasteiger partial charge in [-0.25, -0.2) is 0 Å². The molecule has 0 aliphatic heterocycles. The number of nitrogens with zero attached hydrogens (tertiary/aromatic N) is 2. The molecule has 3 rings (SSSR count). The molecule has 0 spiro atoms. The van der Waals surface area contributed by atoms with Crippen LogP contribution in [0.3, 0.4) is 0 Å². The summed E-state index contributed by atoms with van der Waals surface area (Å²) in [5, 5.41) is 6.88. The predicted molar refractivity (Wildman–Crippen MR) is 111 cm³/mol. The fraction of sp³-hybridized carbons (Fsp3) is 0.318. The first-order valence-corrected chi connectivity index (χ1v) is 9.57. The zero-order valence-electron chi connectivity index (χ0n) is 17.3. The second-order valence-electron chi connectivity index (χ2n) is 6.53. The van der Waals surface area contributed by atoms with Gasteiger partial charge in [0.2, 0.25) is 17.6 Å². The number of hydrogen-bond donors (Lipinski definition) is 1. The molecule has 0 radical (unpaired) electrons. The summed E-state index contributed by atoms with van der Waals surface area (Å²) >= 11 is 0. The number of carbonyl (C=O) groups excluding carboxylic acids is 1. The SMILES string of the molecule is COc1ccc(-c2noc(CCC(=O)NCCc3ccc(OC)c(OC)c3)n2)cc1. The summed E-state index contributed by atoms with van der Waals surface area (Å²) in [4.78, 5) is 16.5. The van der Waals surface area contributed by atoms with E-state index in [9.17, 15) is 4.79 Å². The van der Waals surface area contributed by atoms with Gasteiger partial charge in [0.15, 0.2) is 11.5 Å². The van der Waals surface area contributed by atoms with Gasteiger partial charge in [0.05, 0.1) is 21.3 Å². The van der Waals surface area contributed by atoms with E-state index in [1.807, 2.05) is 42.5 Å². The topological polar surface area (TPSA) is 95.7 Å². The van der Waals surface area contributed by atoms with Gasteiger partial charge in [0.25, 0.3) is 0 Å². The van der Waals surface area contributed by atoms with Gasteiger partial charge in [-0.2, -0.15) is 4.98 Å². The van der Waals surface area contributed by atoms with Crippen LogP contribution in [-0.4, -0.2) is 43.9 Å². The van der Waals surface area contributed by atoms with Gasteiger partial charge in [-0.05, 0) is 48.4 Å². The maximum absolute atomic E-state index is 12.1. The van der Waals surface area contributed by atoms with Gasteiger partial charge in [-0.3, -0.25) is 4.79 Å². The van der Waals surface area contributed by atoms with Gasteiger partial charge < -0.3 is 24.1 Å². The van der Waals surface area contributed by atoms with Crippen molar-refractivity contribution in [2.75, 3.05) is 27.9 Å². The number of carbonyl (C=O) groups is 1. The van der Waals surface area contributed by atoms with E-state index in [0.29, 0.717) is 42.6 Å². The summed E-state index contributed by atoms with van der Waals surface area (Å²) in [6.07, 6.45) is 1.34. The number of ether oxygens (including phenoxy) is 3. The summed E-state index contributed by atoms with van der Waals surface area (Å²) in [6.45, 7) is 0.523. The minimum Gasteiger partial charge on any atom is -0.497 e. The number of hydrogen-bond acceptors (Lipinski definition) is 7. The number of methoxy groups -OCH3 is 3. The van der Waals surface area contributed by atoms with E-state index in [1.54, 1.807) is 21.3 Å². The molecule has 158 valence electrons. The number of nitrogens with one attached hydrogen (secondary N) is 1. The molecule has 8 heteroatoms. The summed E-state index contributed by atoms with van der Waals surface area (Å²) < 4.78 is 20.9. The van der Waals surface area contributed by atoms with Crippen LogP contribution < -0.4 is 19.5 Å². The molecule has 3 aromatic rings. The molecule has 2 aromatic carbocycles. The standard InChI is InChI=1S/C22H25N3O5/c1-27-17-7-5-16(6-8-17)22-24-21(30-25-22)11-10-20(26)23-13-12-15-4-9-18(28-2)19(14-15)29-3/h4-9,14H,10-13H2,1-3H3,(H,23,26). The van der Waals surface area contributed by atoms with E-state index in [0.717, 1.165) is 16.9 Å². The third kappa shape index (κ3) is 5.50. The monoisotopic (exact) mass is 411 g/mol. The number of amides is 1. The molecule has 0 saturated heterocycles. The third-order valence-electron chi connectivity index (χ3n) is 4.57. The van der Waals surface area contributed by atoms with Gasteiger partial charge in [0, 0.05) is 24.9 Å². The summed E-state index contributed by atoms with van der Waals surface area (Å²) in [5.41, 5.74) is 1.87. The fourth-order valence-corrected chi connectivity index (χ4v) is 2.91. The van der Waals surface area contributed by atoms with Crippen molar-refractivity contribution >= 4 is 5.91 Å². The molecule has 1 N–H and O–H groups in total. The fourth-order valence-electron chi connectivity index (χ4n) is 2.91. The Morgan fingerprint density at radius 1 is 0.967 bits per heavy atom. The van der Waals surface area contributed by atoms with Gasteiger partial charge in [-0.15, -0.1) is 0 Å². The molecule has 8 nitrogen and oxygen atoms in total. The van der Waals surface area contributed by atoms with Crippen LogP contribution in [0.2, 0.25) is 0 Å². The van der Waals surface area contributed by atoms with E-state index < -0.39 is 0 Å². The number of rotatable bonds is 10. The van der Waals surface area contributed by atoms with Crippen molar-refractivity contribution in [1.29, 1.82) is 0 Å². The van der Waals surface area contributed by atoms with Crippen molar-refractivity contribution in [1.82, 2.24) is 15.5 Å². The molecule has 0 unspecified atom stereocenters. The van der Waals surface area contributed by atoms with Gasteiger partial charge >= 0.3 is 0 Å². The Hall–Kier alpha value is -3.55. The molecular formula is C22H25N3O5. The largest absolute Gasteiger partial charge is 0.497 e. The maximum atomic E-state index is 12.1.